The van der Waals surface area contributed by atoms with Crippen molar-refractivity contribution in [3.63, 3.8) is 0 Å². The second kappa shape index (κ2) is 3.56. The molecule has 0 amide bonds. The third-order valence-corrected chi connectivity index (χ3v) is 2.45. The summed E-state index contributed by atoms with van der Waals surface area (Å²) in [5.74, 6) is -0.734. The standard InChI is InChI=1S/C8H10O2S/c1-6-4-11-5-7(6)2-3-8(9)10/h5,11H,2-3H2,1H3,(H,9,10). The topological polar surface area (TPSA) is 37.3 Å². The number of thiol groups is 1. The van der Waals surface area contributed by atoms with Gasteiger partial charge in [0.05, 0.1) is 0 Å². The fourth-order valence-corrected chi connectivity index (χ4v) is 1.75. The first-order valence-corrected chi connectivity index (χ1v) is 4.37. The number of allylic oxidation sites excluding steroid dienone is 2. The quantitative estimate of drug-likeness (QED) is 0.498. The summed E-state index contributed by atoms with van der Waals surface area (Å²) < 4.78 is 0. The summed E-state index contributed by atoms with van der Waals surface area (Å²) in [5.41, 5.74) is 2.24. The van der Waals surface area contributed by atoms with Gasteiger partial charge in [-0.1, -0.05) is 5.02 Å². The smallest absolute Gasteiger partial charge is 0.303 e. The summed E-state index contributed by atoms with van der Waals surface area (Å²) in [5, 5.41) is 13.5. The maximum Gasteiger partial charge on any atom is 0.303 e. The Balaban J connectivity index is 2.42. The van der Waals surface area contributed by atoms with Gasteiger partial charge in [-0.2, -0.15) is 0 Å². The average molecular weight is 170 g/mol. The zero-order valence-electron chi connectivity index (χ0n) is 6.29. The monoisotopic (exact) mass is 170 g/mol. The highest BCUT2D eigenvalue weighted by atomic mass is 32.1. The first kappa shape index (κ1) is 8.31. The lowest BCUT2D eigenvalue weighted by Gasteiger charge is -1.98. The Kier molecular flexibility index (Phi) is 2.69. The molecule has 0 saturated carbocycles. The Labute approximate surface area is 69.2 Å². The van der Waals surface area contributed by atoms with Crippen LogP contribution < -0.4 is 0 Å². The van der Waals surface area contributed by atoms with E-state index in [4.69, 9.17) is 5.11 Å². The Morgan fingerprint density at radius 2 is 2.55 bits per heavy atom. The minimum Gasteiger partial charge on any atom is -0.481 e. The number of rotatable bonds is 3. The van der Waals surface area contributed by atoms with E-state index in [0.717, 1.165) is 22.5 Å². The highest BCUT2D eigenvalue weighted by Gasteiger charge is 2.04. The van der Waals surface area contributed by atoms with Gasteiger partial charge in [0.15, 0.2) is 0 Å². The first-order chi connectivity index (χ1) is 5.20. The normalized spacial score (nSPS) is 15.4. The Morgan fingerprint density at radius 1 is 1.82 bits per heavy atom. The number of carbonyl (C=O) groups is 1. The molecule has 0 aromatic carbocycles. The summed E-state index contributed by atoms with van der Waals surface area (Å²) in [6.07, 6.45) is 0.863. The first-order valence-electron chi connectivity index (χ1n) is 3.41. The number of carboxylic acids is 1. The largest absolute Gasteiger partial charge is 0.481 e. The van der Waals surface area contributed by atoms with Crippen molar-refractivity contribution in [2.75, 3.05) is 0 Å². The zero-order chi connectivity index (χ0) is 8.27. The highest BCUT2D eigenvalue weighted by molar-refractivity contribution is 8.00. The van der Waals surface area contributed by atoms with Gasteiger partial charge >= 0.3 is 5.97 Å². The maximum atomic E-state index is 10.2. The Morgan fingerprint density at radius 3 is 3.00 bits per heavy atom. The van der Waals surface area contributed by atoms with Crippen LogP contribution in [-0.4, -0.2) is 16.1 Å². The van der Waals surface area contributed by atoms with E-state index in [1.807, 2.05) is 12.3 Å². The second-order valence-electron chi connectivity index (χ2n) is 2.41. The van der Waals surface area contributed by atoms with Gasteiger partial charge in [-0.3, -0.25) is 4.79 Å². The van der Waals surface area contributed by atoms with E-state index in [9.17, 15) is 4.79 Å². The summed E-state index contributed by atoms with van der Waals surface area (Å²) in [4.78, 5) is 10.2. The van der Waals surface area contributed by atoms with Crippen molar-refractivity contribution in [3.05, 3.63) is 16.6 Å². The van der Waals surface area contributed by atoms with Crippen LogP contribution >= 0.6 is 11.4 Å². The molecule has 0 aromatic rings. The minimum atomic E-state index is -0.734. The van der Waals surface area contributed by atoms with Crippen LogP contribution in [-0.2, 0) is 4.79 Å². The third kappa shape index (κ3) is 2.37. The predicted molar refractivity (Wildman–Crippen MR) is 48.1 cm³/mol. The summed E-state index contributed by atoms with van der Waals surface area (Å²) in [6, 6.07) is 0. The molecule has 1 rings (SSSR count). The molecule has 0 bridgehead atoms. The summed E-state index contributed by atoms with van der Waals surface area (Å²) in [7, 11) is 0. The lowest BCUT2D eigenvalue weighted by Crippen LogP contribution is -1.95. The van der Waals surface area contributed by atoms with Crippen LogP contribution in [0, 0.1) is 0 Å². The fraction of sp³-hybridized carbons (Fsp3) is 0.375. The molecule has 1 aliphatic heterocycles. The van der Waals surface area contributed by atoms with Crippen LogP contribution in [0.4, 0.5) is 0 Å². The van der Waals surface area contributed by atoms with Gasteiger partial charge in [-0.25, -0.2) is 0 Å². The Hall–Kier alpha value is -0.790. The van der Waals surface area contributed by atoms with E-state index in [-0.39, 0.29) is 6.42 Å². The average Bonchev–Trinajstić information content (AvgIpc) is 2.31. The molecule has 11 heavy (non-hydrogen) atoms. The molecule has 2 nitrogen and oxygen atoms in total. The van der Waals surface area contributed by atoms with E-state index in [1.54, 1.807) is 0 Å². The van der Waals surface area contributed by atoms with Crippen molar-refractivity contribution >= 4 is 22.3 Å². The molecule has 1 heterocycles. The maximum absolute atomic E-state index is 10.2. The molecule has 3 heteroatoms. The summed E-state index contributed by atoms with van der Waals surface area (Å²) in [6.45, 7) is 1.97. The lowest BCUT2D eigenvalue weighted by molar-refractivity contribution is -0.136. The fourth-order valence-electron chi connectivity index (χ4n) is 0.869. The van der Waals surface area contributed by atoms with Gasteiger partial charge in [0, 0.05) is 12.0 Å². The van der Waals surface area contributed by atoms with Crippen molar-refractivity contribution in [1.29, 1.82) is 0 Å². The van der Waals surface area contributed by atoms with Crippen LogP contribution in [0.15, 0.2) is 16.6 Å². The van der Waals surface area contributed by atoms with E-state index >= 15 is 0 Å². The van der Waals surface area contributed by atoms with Crippen LogP contribution in [0.3, 0.4) is 0 Å². The van der Waals surface area contributed by atoms with Crippen molar-refractivity contribution in [3.8, 4) is 0 Å². The predicted octanol–water partition coefficient (Wildman–Crippen LogP) is 1.56. The van der Waals surface area contributed by atoms with E-state index in [0.29, 0.717) is 6.42 Å². The highest BCUT2D eigenvalue weighted by Crippen LogP contribution is 2.19. The molecule has 0 aromatic heterocycles. The Bertz CT molecular complexity index is 270. The third-order valence-electron chi connectivity index (χ3n) is 1.54. The number of hydrogen-bond donors (Lipinski definition) is 2. The van der Waals surface area contributed by atoms with Gasteiger partial charge in [0.25, 0.3) is 0 Å². The SMILES string of the molecule is CC1=C=[SH]C=C1CCC(=O)O. The molecule has 0 unspecified atom stereocenters. The second-order valence-corrected chi connectivity index (χ2v) is 3.15. The van der Waals surface area contributed by atoms with E-state index in [1.165, 1.54) is 0 Å². The van der Waals surface area contributed by atoms with Crippen molar-refractivity contribution in [2.45, 2.75) is 19.8 Å². The van der Waals surface area contributed by atoms with Crippen LogP contribution in [0.5, 0.6) is 0 Å². The molecule has 0 atom stereocenters. The van der Waals surface area contributed by atoms with Crippen molar-refractivity contribution in [1.82, 2.24) is 0 Å². The molecule has 0 radical (unpaired) electrons. The summed E-state index contributed by atoms with van der Waals surface area (Å²) >= 11 is 1.07. The molecule has 0 saturated heterocycles. The minimum absolute atomic E-state index is 0.223. The number of hydrogen-bond acceptors (Lipinski definition) is 1. The molecular formula is C8H10O2S. The van der Waals surface area contributed by atoms with E-state index in [2.05, 4.69) is 5.02 Å². The number of aliphatic carboxylic acids is 1. The number of carboxylic acid groups (broad SMARTS) is 1. The van der Waals surface area contributed by atoms with Gasteiger partial charge in [0.1, 0.15) is 0 Å². The molecular weight excluding hydrogens is 160 g/mol. The zero-order valence-corrected chi connectivity index (χ0v) is 7.19. The van der Waals surface area contributed by atoms with Crippen LogP contribution in [0.2, 0.25) is 0 Å². The molecule has 1 N–H and O–H groups in total. The molecule has 0 fully saturated rings. The molecule has 0 aliphatic carbocycles. The van der Waals surface area contributed by atoms with E-state index < -0.39 is 5.97 Å². The van der Waals surface area contributed by atoms with Gasteiger partial charge in [0.2, 0.25) is 0 Å². The van der Waals surface area contributed by atoms with Crippen LogP contribution in [0.25, 0.3) is 0 Å². The van der Waals surface area contributed by atoms with Gasteiger partial charge in [-0.15, -0.1) is 11.4 Å². The van der Waals surface area contributed by atoms with Crippen molar-refractivity contribution in [2.24, 2.45) is 0 Å². The van der Waals surface area contributed by atoms with Gasteiger partial charge < -0.3 is 5.11 Å². The lowest BCUT2D eigenvalue weighted by atomic mass is 10.1. The molecule has 0 spiro atoms. The van der Waals surface area contributed by atoms with Gasteiger partial charge in [-0.05, 0) is 24.3 Å². The molecule has 60 valence electrons. The molecule has 1 aliphatic rings. The van der Waals surface area contributed by atoms with Crippen LogP contribution in [0.1, 0.15) is 19.8 Å². The van der Waals surface area contributed by atoms with Crippen molar-refractivity contribution < 1.29 is 9.90 Å².